The van der Waals surface area contributed by atoms with Crippen LogP contribution < -0.4 is 16.0 Å². The first kappa shape index (κ1) is 24.8. The monoisotopic (exact) mass is 529 g/mol. The molecule has 2 fully saturated rings. The smallest absolute Gasteiger partial charge is 0.271 e. The van der Waals surface area contributed by atoms with Gasteiger partial charge in [0.15, 0.2) is 0 Å². The number of aromatic nitrogens is 3. The molecular weight excluding hydrogens is 498 g/mol. The number of carbonyl (C=O) groups excluding carboxylic acids is 2. The lowest BCUT2D eigenvalue weighted by molar-refractivity contribution is -0.129. The Balaban J connectivity index is 1.23. The molecule has 192 valence electrons. The molecule has 0 bridgehead atoms. The van der Waals surface area contributed by atoms with Crippen LogP contribution >= 0.6 is 22.9 Å². The second kappa shape index (κ2) is 10.3. The predicted molar refractivity (Wildman–Crippen MR) is 142 cm³/mol. The number of nitrogens with zero attached hydrogens (tertiary/aromatic N) is 4. The van der Waals surface area contributed by atoms with Gasteiger partial charge in [0.25, 0.3) is 5.91 Å². The van der Waals surface area contributed by atoms with Crippen LogP contribution in [0.1, 0.15) is 62.9 Å². The lowest BCUT2D eigenvalue weighted by Crippen LogP contribution is -2.46. The summed E-state index contributed by atoms with van der Waals surface area (Å²) < 4.78 is 5.31. The van der Waals surface area contributed by atoms with Crippen molar-refractivity contribution in [2.75, 3.05) is 23.7 Å². The van der Waals surface area contributed by atoms with Crippen molar-refractivity contribution in [3.63, 3.8) is 0 Å². The highest BCUT2D eigenvalue weighted by Crippen LogP contribution is 2.33. The first-order valence-corrected chi connectivity index (χ1v) is 14.0. The van der Waals surface area contributed by atoms with Crippen LogP contribution in [0.5, 0.6) is 0 Å². The van der Waals surface area contributed by atoms with Gasteiger partial charge in [-0.15, -0.1) is 11.3 Å². The molecule has 2 amide bonds. The zero-order chi connectivity index (χ0) is 25.3. The summed E-state index contributed by atoms with van der Waals surface area (Å²) in [5, 5.41) is 22.7. The number of rotatable bonds is 6. The van der Waals surface area contributed by atoms with Gasteiger partial charge in [0.05, 0.1) is 15.8 Å². The van der Waals surface area contributed by atoms with Gasteiger partial charge in [0.2, 0.25) is 11.9 Å². The Morgan fingerprint density at radius 3 is 2.61 bits per heavy atom. The van der Waals surface area contributed by atoms with Gasteiger partial charge in [0, 0.05) is 38.2 Å². The first-order chi connectivity index (χ1) is 17.3. The lowest BCUT2D eigenvalue weighted by Gasteiger charge is -2.33. The number of hydrogen-bond donors (Lipinski definition) is 4. The third-order valence-electron chi connectivity index (χ3n) is 6.96. The van der Waals surface area contributed by atoms with E-state index in [4.69, 9.17) is 4.98 Å². The second-order valence-corrected chi connectivity index (χ2v) is 11.6. The molecule has 0 radical (unpaired) electrons. The molecule has 12 heteroatoms. The average Bonchev–Trinajstić information content (AvgIpc) is 3.51. The molecule has 0 aromatic carbocycles. The van der Waals surface area contributed by atoms with E-state index in [0.717, 1.165) is 54.6 Å². The second-order valence-electron chi connectivity index (χ2n) is 9.90. The van der Waals surface area contributed by atoms with E-state index in [-0.39, 0.29) is 23.9 Å². The zero-order valence-electron chi connectivity index (χ0n) is 20.4. The van der Waals surface area contributed by atoms with Crippen LogP contribution in [0.4, 0.5) is 16.8 Å². The van der Waals surface area contributed by atoms with Gasteiger partial charge in [-0.05, 0) is 68.4 Å². The number of piperidine rings is 1. The van der Waals surface area contributed by atoms with Crippen molar-refractivity contribution in [3.05, 3.63) is 23.2 Å². The van der Waals surface area contributed by atoms with Crippen molar-refractivity contribution in [3.8, 4) is 0 Å². The van der Waals surface area contributed by atoms with Gasteiger partial charge in [-0.1, -0.05) is 0 Å². The van der Waals surface area contributed by atoms with Crippen molar-refractivity contribution in [2.45, 2.75) is 70.1 Å². The van der Waals surface area contributed by atoms with Gasteiger partial charge in [0.1, 0.15) is 16.5 Å². The molecule has 1 aliphatic carbocycles. The van der Waals surface area contributed by atoms with Crippen LogP contribution in [0.25, 0.3) is 10.2 Å². The Bertz CT molecular complexity index is 1240. The number of amides is 2. The maximum Gasteiger partial charge on any atom is 0.271 e. The third-order valence-corrected chi connectivity index (χ3v) is 8.58. The van der Waals surface area contributed by atoms with E-state index in [1.165, 1.54) is 11.5 Å². The summed E-state index contributed by atoms with van der Waals surface area (Å²) in [5.41, 5.74) is 0.611. The first-order valence-electron chi connectivity index (χ1n) is 12.3. The minimum absolute atomic E-state index is 0.0349. The van der Waals surface area contributed by atoms with Crippen molar-refractivity contribution in [1.29, 1.82) is 0 Å². The Hall–Kier alpha value is -2.83. The Kier molecular flexibility index (Phi) is 7.09. The van der Waals surface area contributed by atoms with E-state index in [1.807, 2.05) is 18.4 Å². The molecule has 0 atom stereocenters. The number of thiophene rings is 1. The van der Waals surface area contributed by atoms with Crippen molar-refractivity contribution < 1.29 is 14.7 Å². The maximum absolute atomic E-state index is 12.7. The highest BCUT2D eigenvalue weighted by atomic mass is 32.1. The van der Waals surface area contributed by atoms with Crippen LogP contribution in [0.15, 0.2) is 17.5 Å². The molecule has 4 heterocycles. The molecule has 1 aliphatic heterocycles. The van der Waals surface area contributed by atoms with E-state index >= 15 is 0 Å². The van der Waals surface area contributed by atoms with Crippen molar-refractivity contribution in [1.82, 2.24) is 24.6 Å². The van der Waals surface area contributed by atoms with Gasteiger partial charge in [-0.2, -0.15) is 9.36 Å². The normalized spacial score (nSPS) is 23.0. The quantitative estimate of drug-likeness (QED) is 0.380. The molecule has 3 aromatic rings. The van der Waals surface area contributed by atoms with Gasteiger partial charge < -0.3 is 26.0 Å². The minimum Gasteiger partial charge on any atom is -0.390 e. The molecule has 0 unspecified atom stereocenters. The molecule has 1 saturated carbocycles. The SMILES string of the molecule is CC(=O)N1CCC(NC(=O)c2cc(Nc3nc(N[C@H]4CC[C@](C)(O)CC4)c4sccc4n3)sn2)CC1. The van der Waals surface area contributed by atoms with Crippen LogP contribution in [-0.4, -0.2) is 66.9 Å². The molecule has 10 nitrogen and oxygen atoms in total. The fourth-order valence-electron chi connectivity index (χ4n) is 4.74. The number of nitrogens with one attached hydrogen (secondary N) is 3. The highest BCUT2D eigenvalue weighted by Gasteiger charge is 2.29. The number of fused-ring (bicyclic) bond motifs is 1. The molecule has 0 spiro atoms. The Morgan fingerprint density at radius 2 is 1.89 bits per heavy atom. The molecule has 2 aliphatic rings. The molecule has 1 saturated heterocycles. The molecule has 36 heavy (non-hydrogen) atoms. The van der Waals surface area contributed by atoms with Gasteiger partial charge in [-0.25, -0.2) is 4.98 Å². The fourth-order valence-corrected chi connectivity index (χ4v) is 6.16. The van der Waals surface area contributed by atoms with Gasteiger partial charge >= 0.3 is 0 Å². The zero-order valence-corrected chi connectivity index (χ0v) is 22.0. The third kappa shape index (κ3) is 5.76. The summed E-state index contributed by atoms with van der Waals surface area (Å²) >= 11 is 2.78. The lowest BCUT2D eigenvalue weighted by atomic mass is 9.84. The Labute approximate surface area is 217 Å². The molecule has 4 N–H and O–H groups in total. The standard InChI is InChI=1S/C24H31N7O3S2/c1-14(32)31-10-5-16(6-11-31)26-22(33)18-13-19(36-30-18)28-23-27-17-7-12-35-20(17)21(29-23)25-15-3-8-24(2,34)9-4-15/h7,12-13,15-16,34H,3-6,8-11H2,1-2H3,(H,26,33)(H2,25,27,28,29)/t15-,24-. The Morgan fingerprint density at radius 1 is 1.14 bits per heavy atom. The highest BCUT2D eigenvalue weighted by molar-refractivity contribution is 7.17. The largest absolute Gasteiger partial charge is 0.390 e. The van der Waals surface area contributed by atoms with Crippen molar-refractivity contribution in [2.24, 2.45) is 0 Å². The molecule has 3 aromatic heterocycles. The van der Waals surface area contributed by atoms with Crippen LogP contribution in [-0.2, 0) is 4.79 Å². The number of hydrogen-bond acceptors (Lipinski definition) is 10. The maximum atomic E-state index is 12.7. The van der Waals surface area contributed by atoms with Crippen LogP contribution in [0.3, 0.4) is 0 Å². The summed E-state index contributed by atoms with van der Waals surface area (Å²) in [7, 11) is 0. The summed E-state index contributed by atoms with van der Waals surface area (Å²) in [6, 6.07) is 3.96. The van der Waals surface area contributed by atoms with E-state index in [0.29, 0.717) is 29.7 Å². The molecular formula is C24H31N7O3S2. The fraction of sp³-hybridized carbons (Fsp3) is 0.542. The van der Waals surface area contributed by atoms with Crippen LogP contribution in [0.2, 0.25) is 0 Å². The summed E-state index contributed by atoms with van der Waals surface area (Å²) in [6.45, 7) is 4.78. The van der Waals surface area contributed by atoms with Crippen LogP contribution in [0, 0.1) is 0 Å². The van der Waals surface area contributed by atoms with E-state index in [2.05, 4.69) is 25.3 Å². The molecule has 5 rings (SSSR count). The average molecular weight is 530 g/mol. The number of aliphatic hydroxyl groups is 1. The number of likely N-dealkylation sites (tertiary alicyclic amines) is 1. The summed E-state index contributed by atoms with van der Waals surface area (Å²) in [5.74, 6) is 1.08. The predicted octanol–water partition coefficient (Wildman–Crippen LogP) is 3.74. The topological polar surface area (TPSA) is 132 Å². The van der Waals surface area contributed by atoms with E-state index < -0.39 is 5.60 Å². The number of carbonyl (C=O) groups is 2. The van der Waals surface area contributed by atoms with Crippen molar-refractivity contribution >= 4 is 61.7 Å². The van der Waals surface area contributed by atoms with E-state index in [1.54, 1.807) is 29.2 Å². The minimum atomic E-state index is -0.586. The van der Waals surface area contributed by atoms with E-state index in [9.17, 15) is 14.7 Å². The number of anilines is 3. The summed E-state index contributed by atoms with van der Waals surface area (Å²) in [6.07, 6.45) is 4.76. The summed E-state index contributed by atoms with van der Waals surface area (Å²) in [4.78, 5) is 35.4. The van der Waals surface area contributed by atoms with Gasteiger partial charge in [-0.3, -0.25) is 9.59 Å².